The van der Waals surface area contributed by atoms with Crippen molar-refractivity contribution < 1.29 is 4.74 Å². The van der Waals surface area contributed by atoms with E-state index in [0.717, 1.165) is 54.9 Å². The van der Waals surface area contributed by atoms with Crippen molar-refractivity contribution in [2.75, 3.05) is 43.6 Å². The Labute approximate surface area is 125 Å². The first-order valence-corrected chi connectivity index (χ1v) is 7.24. The summed E-state index contributed by atoms with van der Waals surface area (Å²) in [5.41, 5.74) is 3.17. The van der Waals surface area contributed by atoms with Crippen molar-refractivity contribution in [1.29, 1.82) is 0 Å². The van der Waals surface area contributed by atoms with E-state index >= 15 is 0 Å². The summed E-state index contributed by atoms with van der Waals surface area (Å²) in [7, 11) is 1.90. The van der Waals surface area contributed by atoms with E-state index in [1.807, 2.05) is 25.2 Å². The van der Waals surface area contributed by atoms with Gasteiger partial charge in [0.25, 0.3) is 0 Å². The molecule has 21 heavy (non-hydrogen) atoms. The molecule has 0 saturated carbocycles. The van der Waals surface area contributed by atoms with Crippen LogP contribution in [0.4, 0.5) is 11.8 Å². The van der Waals surface area contributed by atoms with E-state index in [1.165, 1.54) is 0 Å². The molecule has 1 aromatic heterocycles. The minimum atomic E-state index is 0.729. The number of morpholine rings is 1. The molecular weight excluding hydrogens is 264 g/mol. The van der Waals surface area contributed by atoms with Gasteiger partial charge in [-0.05, 0) is 6.92 Å². The first kappa shape index (κ1) is 13.8. The van der Waals surface area contributed by atoms with E-state index < -0.39 is 0 Å². The third-order valence-corrected chi connectivity index (χ3v) is 3.71. The molecule has 1 aliphatic heterocycles. The van der Waals surface area contributed by atoms with Crippen LogP contribution in [0.25, 0.3) is 11.3 Å². The highest BCUT2D eigenvalue weighted by molar-refractivity contribution is 5.69. The van der Waals surface area contributed by atoms with Gasteiger partial charge in [0.15, 0.2) is 0 Å². The van der Waals surface area contributed by atoms with Gasteiger partial charge in [0.05, 0.1) is 18.9 Å². The largest absolute Gasteiger partial charge is 0.378 e. The number of hydrogen-bond acceptors (Lipinski definition) is 5. The Hall–Kier alpha value is -2.14. The van der Waals surface area contributed by atoms with E-state index in [-0.39, 0.29) is 0 Å². The second-order valence-electron chi connectivity index (χ2n) is 5.06. The highest BCUT2D eigenvalue weighted by Gasteiger charge is 2.18. The van der Waals surface area contributed by atoms with Crippen LogP contribution in [-0.4, -0.2) is 43.3 Å². The van der Waals surface area contributed by atoms with Crippen molar-refractivity contribution >= 4 is 11.8 Å². The molecule has 0 radical (unpaired) electrons. The highest BCUT2D eigenvalue weighted by atomic mass is 16.5. The maximum absolute atomic E-state index is 5.40. The van der Waals surface area contributed by atoms with Crippen LogP contribution in [0.2, 0.25) is 0 Å². The monoisotopic (exact) mass is 284 g/mol. The van der Waals surface area contributed by atoms with Crippen molar-refractivity contribution in [2.45, 2.75) is 6.92 Å². The average molecular weight is 284 g/mol. The molecule has 1 N–H and O–H groups in total. The maximum Gasteiger partial charge on any atom is 0.228 e. The topological polar surface area (TPSA) is 50.3 Å². The molecule has 110 valence electrons. The second-order valence-corrected chi connectivity index (χ2v) is 5.06. The van der Waals surface area contributed by atoms with Crippen LogP contribution >= 0.6 is 0 Å². The summed E-state index contributed by atoms with van der Waals surface area (Å²) in [4.78, 5) is 11.6. The summed E-state index contributed by atoms with van der Waals surface area (Å²) in [6.07, 6.45) is 0. The van der Waals surface area contributed by atoms with Crippen LogP contribution in [0.5, 0.6) is 0 Å². The number of anilines is 2. The summed E-state index contributed by atoms with van der Waals surface area (Å²) < 4.78 is 5.40. The minimum absolute atomic E-state index is 0.729. The van der Waals surface area contributed by atoms with Crippen LogP contribution in [0, 0.1) is 6.92 Å². The van der Waals surface area contributed by atoms with Gasteiger partial charge >= 0.3 is 0 Å². The predicted octanol–water partition coefficient (Wildman–Crippen LogP) is 2.33. The lowest BCUT2D eigenvalue weighted by Crippen LogP contribution is -2.37. The Morgan fingerprint density at radius 2 is 1.81 bits per heavy atom. The smallest absolute Gasteiger partial charge is 0.228 e. The summed E-state index contributed by atoms with van der Waals surface area (Å²) in [5, 5.41) is 3.18. The van der Waals surface area contributed by atoms with Crippen molar-refractivity contribution in [3.05, 3.63) is 35.9 Å². The lowest BCUT2D eigenvalue weighted by molar-refractivity contribution is 0.122. The van der Waals surface area contributed by atoms with Crippen molar-refractivity contribution in [3.63, 3.8) is 0 Å². The molecule has 3 rings (SSSR count). The first-order chi connectivity index (χ1) is 10.3. The lowest BCUT2D eigenvalue weighted by Gasteiger charge is -2.27. The van der Waals surface area contributed by atoms with Gasteiger partial charge in [-0.1, -0.05) is 30.3 Å². The van der Waals surface area contributed by atoms with Crippen LogP contribution in [0.15, 0.2) is 30.3 Å². The molecule has 1 aromatic carbocycles. The molecule has 1 fully saturated rings. The highest BCUT2D eigenvalue weighted by Crippen LogP contribution is 2.28. The van der Waals surface area contributed by atoms with E-state index in [1.54, 1.807) is 0 Å². The quantitative estimate of drug-likeness (QED) is 0.937. The molecule has 1 saturated heterocycles. The average Bonchev–Trinajstić information content (AvgIpc) is 2.56. The number of aromatic nitrogens is 2. The molecule has 5 heteroatoms. The Morgan fingerprint density at radius 3 is 2.48 bits per heavy atom. The maximum atomic E-state index is 5.40. The predicted molar refractivity (Wildman–Crippen MR) is 84.8 cm³/mol. The SMILES string of the molecule is CNc1nc(N2CCOCC2)nc(-c2ccccc2)c1C. The molecule has 2 aromatic rings. The summed E-state index contributed by atoms with van der Waals surface area (Å²) in [6.45, 7) is 5.18. The van der Waals surface area contributed by atoms with Gasteiger partial charge < -0.3 is 15.0 Å². The number of nitrogens with zero attached hydrogens (tertiary/aromatic N) is 3. The van der Waals surface area contributed by atoms with Crippen molar-refractivity contribution in [2.24, 2.45) is 0 Å². The fourth-order valence-electron chi connectivity index (χ4n) is 2.53. The van der Waals surface area contributed by atoms with Crippen LogP contribution in [-0.2, 0) is 4.74 Å². The van der Waals surface area contributed by atoms with E-state index in [0.29, 0.717) is 0 Å². The van der Waals surface area contributed by atoms with Gasteiger partial charge in [-0.3, -0.25) is 0 Å². The zero-order valence-corrected chi connectivity index (χ0v) is 12.5. The minimum Gasteiger partial charge on any atom is -0.378 e. The van der Waals surface area contributed by atoms with Crippen molar-refractivity contribution in [1.82, 2.24) is 9.97 Å². The van der Waals surface area contributed by atoms with Crippen molar-refractivity contribution in [3.8, 4) is 11.3 Å². The number of hydrogen-bond donors (Lipinski definition) is 1. The molecular formula is C16H20N4O. The molecule has 0 bridgehead atoms. The van der Waals surface area contributed by atoms with Gasteiger partial charge in [0.1, 0.15) is 5.82 Å². The van der Waals surface area contributed by atoms with Crippen LogP contribution < -0.4 is 10.2 Å². The zero-order chi connectivity index (χ0) is 14.7. The number of benzene rings is 1. The molecule has 1 aliphatic rings. The molecule has 0 aliphatic carbocycles. The molecule has 0 unspecified atom stereocenters. The van der Waals surface area contributed by atoms with Gasteiger partial charge in [0.2, 0.25) is 5.95 Å². The van der Waals surface area contributed by atoms with Gasteiger partial charge in [0, 0.05) is 31.3 Å². The van der Waals surface area contributed by atoms with Crippen LogP contribution in [0.1, 0.15) is 5.56 Å². The van der Waals surface area contributed by atoms with Gasteiger partial charge in [-0.2, -0.15) is 4.98 Å². The Bertz CT molecular complexity index is 609. The first-order valence-electron chi connectivity index (χ1n) is 7.24. The molecule has 5 nitrogen and oxygen atoms in total. The molecule has 0 atom stereocenters. The number of ether oxygens (including phenoxy) is 1. The summed E-state index contributed by atoms with van der Waals surface area (Å²) in [6, 6.07) is 10.2. The van der Waals surface area contributed by atoms with E-state index in [4.69, 9.17) is 9.72 Å². The standard InChI is InChI=1S/C16H20N4O/c1-12-14(13-6-4-3-5-7-13)18-16(19-15(12)17-2)20-8-10-21-11-9-20/h3-7H,8-11H2,1-2H3,(H,17,18,19). The molecule has 2 heterocycles. The molecule has 0 amide bonds. The lowest BCUT2D eigenvalue weighted by atomic mass is 10.1. The molecule has 0 spiro atoms. The van der Waals surface area contributed by atoms with Gasteiger partial charge in [-0.25, -0.2) is 4.98 Å². The fraction of sp³-hybridized carbons (Fsp3) is 0.375. The van der Waals surface area contributed by atoms with Crippen LogP contribution in [0.3, 0.4) is 0 Å². The Morgan fingerprint density at radius 1 is 1.10 bits per heavy atom. The Kier molecular flexibility index (Phi) is 4.01. The zero-order valence-electron chi connectivity index (χ0n) is 12.5. The number of nitrogens with one attached hydrogen (secondary N) is 1. The third kappa shape index (κ3) is 2.83. The third-order valence-electron chi connectivity index (χ3n) is 3.71. The normalized spacial score (nSPS) is 15.0. The van der Waals surface area contributed by atoms with E-state index in [2.05, 4.69) is 34.3 Å². The van der Waals surface area contributed by atoms with E-state index in [9.17, 15) is 0 Å². The Balaban J connectivity index is 2.06. The summed E-state index contributed by atoms with van der Waals surface area (Å²) >= 11 is 0. The fourth-order valence-corrected chi connectivity index (χ4v) is 2.53. The number of rotatable bonds is 3. The summed E-state index contributed by atoms with van der Waals surface area (Å²) in [5.74, 6) is 1.65. The van der Waals surface area contributed by atoms with Gasteiger partial charge in [-0.15, -0.1) is 0 Å². The second kappa shape index (κ2) is 6.10.